The molecule has 3 aromatic rings. The fourth-order valence-corrected chi connectivity index (χ4v) is 4.74. The van der Waals surface area contributed by atoms with Crippen molar-refractivity contribution < 1.29 is 14.6 Å². The fourth-order valence-electron chi connectivity index (χ4n) is 3.67. The SMILES string of the molecule is COc1cccc(SN2CCc3cccc(CCc4ccc(C(=O)O)cc4)c32)c1. The number of aromatic carboxylic acids is 1. The molecule has 0 saturated heterocycles. The van der Waals surface area contributed by atoms with E-state index < -0.39 is 5.97 Å². The molecule has 1 N–H and O–H groups in total. The number of rotatable bonds is 7. The van der Waals surface area contributed by atoms with E-state index in [2.05, 4.69) is 34.6 Å². The Morgan fingerprint density at radius 3 is 2.62 bits per heavy atom. The van der Waals surface area contributed by atoms with Crippen LogP contribution in [-0.2, 0) is 19.3 Å². The normalized spacial score (nSPS) is 12.7. The summed E-state index contributed by atoms with van der Waals surface area (Å²) < 4.78 is 7.74. The van der Waals surface area contributed by atoms with E-state index in [0.29, 0.717) is 5.56 Å². The molecular formula is C24H23NO3S. The molecule has 0 aromatic heterocycles. The zero-order valence-electron chi connectivity index (χ0n) is 16.3. The summed E-state index contributed by atoms with van der Waals surface area (Å²) in [4.78, 5) is 12.2. The average molecular weight is 406 g/mol. The van der Waals surface area contributed by atoms with E-state index in [0.717, 1.165) is 42.0 Å². The number of fused-ring (bicyclic) bond motifs is 1. The summed E-state index contributed by atoms with van der Waals surface area (Å²) in [6, 6.07) is 21.9. The topological polar surface area (TPSA) is 49.8 Å². The van der Waals surface area contributed by atoms with Crippen LogP contribution in [0.5, 0.6) is 5.75 Å². The van der Waals surface area contributed by atoms with E-state index >= 15 is 0 Å². The van der Waals surface area contributed by atoms with Crippen LogP contribution in [0.4, 0.5) is 5.69 Å². The maximum absolute atomic E-state index is 11.0. The maximum atomic E-state index is 11.0. The Labute approximate surface area is 175 Å². The van der Waals surface area contributed by atoms with Gasteiger partial charge in [0.15, 0.2) is 0 Å². The first-order valence-electron chi connectivity index (χ1n) is 9.66. The van der Waals surface area contributed by atoms with Crippen molar-refractivity contribution in [2.24, 2.45) is 0 Å². The number of anilines is 1. The number of hydrogen-bond acceptors (Lipinski definition) is 4. The molecule has 1 aliphatic rings. The monoisotopic (exact) mass is 405 g/mol. The lowest BCUT2D eigenvalue weighted by Gasteiger charge is -2.21. The minimum absolute atomic E-state index is 0.329. The molecular weight excluding hydrogens is 382 g/mol. The average Bonchev–Trinajstić information content (AvgIpc) is 3.16. The van der Waals surface area contributed by atoms with Crippen LogP contribution in [0.3, 0.4) is 0 Å². The third-order valence-electron chi connectivity index (χ3n) is 5.18. The first-order valence-corrected chi connectivity index (χ1v) is 10.4. The molecule has 0 atom stereocenters. The molecule has 5 heteroatoms. The van der Waals surface area contributed by atoms with E-state index in [1.807, 2.05) is 24.3 Å². The zero-order valence-corrected chi connectivity index (χ0v) is 17.1. The van der Waals surface area contributed by atoms with Gasteiger partial charge in [0.1, 0.15) is 5.75 Å². The number of ether oxygens (including phenoxy) is 1. The Balaban J connectivity index is 1.51. The summed E-state index contributed by atoms with van der Waals surface area (Å²) in [5.74, 6) is -0.0184. The molecule has 0 amide bonds. The van der Waals surface area contributed by atoms with E-state index in [1.165, 1.54) is 16.8 Å². The van der Waals surface area contributed by atoms with Crippen molar-refractivity contribution in [2.45, 2.75) is 24.2 Å². The Morgan fingerprint density at radius 2 is 1.86 bits per heavy atom. The lowest BCUT2D eigenvalue weighted by atomic mass is 10.00. The quantitative estimate of drug-likeness (QED) is 0.544. The van der Waals surface area contributed by atoms with Crippen LogP contribution < -0.4 is 9.04 Å². The van der Waals surface area contributed by atoms with Crippen LogP contribution >= 0.6 is 11.9 Å². The van der Waals surface area contributed by atoms with Gasteiger partial charge in [-0.1, -0.05) is 36.4 Å². The number of nitrogens with zero attached hydrogens (tertiary/aromatic N) is 1. The summed E-state index contributed by atoms with van der Waals surface area (Å²) in [6.07, 6.45) is 2.85. The van der Waals surface area contributed by atoms with Crippen molar-refractivity contribution >= 4 is 23.6 Å². The highest BCUT2D eigenvalue weighted by atomic mass is 32.2. The molecule has 0 aliphatic carbocycles. The number of aryl methyl sites for hydroxylation is 2. The maximum Gasteiger partial charge on any atom is 0.335 e. The fraction of sp³-hybridized carbons (Fsp3) is 0.208. The van der Waals surface area contributed by atoms with E-state index in [4.69, 9.17) is 9.84 Å². The van der Waals surface area contributed by atoms with Gasteiger partial charge in [-0.3, -0.25) is 0 Å². The second kappa shape index (κ2) is 8.62. The minimum Gasteiger partial charge on any atom is -0.497 e. The summed E-state index contributed by atoms with van der Waals surface area (Å²) in [5.41, 5.74) is 5.52. The summed E-state index contributed by atoms with van der Waals surface area (Å²) in [5, 5.41) is 9.06. The molecule has 0 radical (unpaired) electrons. The predicted octanol–water partition coefficient (Wildman–Crippen LogP) is 5.25. The van der Waals surface area contributed by atoms with Gasteiger partial charge in [-0.05, 0) is 78.2 Å². The second-order valence-corrected chi connectivity index (χ2v) is 8.14. The molecule has 1 aliphatic heterocycles. The molecule has 0 unspecified atom stereocenters. The van der Waals surface area contributed by atoms with Crippen molar-refractivity contribution in [2.75, 3.05) is 18.0 Å². The van der Waals surface area contributed by atoms with Crippen molar-refractivity contribution in [3.05, 3.63) is 89.0 Å². The van der Waals surface area contributed by atoms with Gasteiger partial charge in [0, 0.05) is 11.4 Å². The molecule has 0 bridgehead atoms. The molecule has 0 fully saturated rings. The highest BCUT2D eigenvalue weighted by Crippen LogP contribution is 2.40. The third-order valence-corrected chi connectivity index (χ3v) is 6.23. The summed E-state index contributed by atoms with van der Waals surface area (Å²) in [7, 11) is 1.69. The lowest BCUT2D eigenvalue weighted by Crippen LogP contribution is -2.12. The van der Waals surface area contributed by atoms with Gasteiger partial charge in [0.05, 0.1) is 18.4 Å². The lowest BCUT2D eigenvalue weighted by molar-refractivity contribution is 0.0697. The van der Waals surface area contributed by atoms with Crippen LogP contribution in [-0.4, -0.2) is 24.7 Å². The van der Waals surface area contributed by atoms with Gasteiger partial charge < -0.3 is 14.1 Å². The number of carboxylic acid groups (broad SMARTS) is 1. The molecule has 4 nitrogen and oxygen atoms in total. The van der Waals surface area contributed by atoms with Gasteiger partial charge in [-0.15, -0.1) is 0 Å². The smallest absolute Gasteiger partial charge is 0.335 e. The number of carbonyl (C=O) groups is 1. The zero-order chi connectivity index (χ0) is 20.2. The first-order chi connectivity index (χ1) is 14.1. The Kier molecular flexibility index (Phi) is 5.76. The van der Waals surface area contributed by atoms with E-state index in [1.54, 1.807) is 31.2 Å². The van der Waals surface area contributed by atoms with Crippen LogP contribution in [0.25, 0.3) is 0 Å². The molecule has 0 saturated carbocycles. The molecule has 1 heterocycles. The molecule has 29 heavy (non-hydrogen) atoms. The van der Waals surface area contributed by atoms with Crippen molar-refractivity contribution in [1.82, 2.24) is 0 Å². The highest BCUT2D eigenvalue weighted by molar-refractivity contribution is 8.00. The molecule has 148 valence electrons. The second-order valence-electron chi connectivity index (χ2n) is 7.05. The third kappa shape index (κ3) is 4.40. The molecule has 0 spiro atoms. The van der Waals surface area contributed by atoms with Crippen LogP contribution in [0.2, 0.25) is 0 Å². The first kappa shape index (κ1) is 19.4. The van der Waals surface area contributed by atoms with Crippen molar-refractivity contribution in [1.29, 1.82) is 0 Å². The van der Waals surface area contributed by atoms with Gasteiger partial charge in [-0.2, -0.15) is 0 Å². The molecule has 4 rings (SSSR count). The van der Waals surface area contributed by atoms with Crippen LogP contribution in [0.15, 0.2) is 71.6 Å². The van der Waals surface area contributed by atoms with E-state index in [-0.39, 0.29) is 0 Å². The van der Waals surface area contributed by atoms with Gasteiger partial charge >= 0.3 is 5.97 Å². The Bertz CT molecular complexity index is 1020. The van der Waals surface area contributed by atoms with Crippen LogP contribution in [0.1, 0.15) is 27.0 Å². The van der Waals surface area contributed by atoms with E-state index in [9.17, 15) is 4.79 Å². The van der Waals surface area contributed by atoms with Crippen LogP contribution in [0, 0.1) is 0 Å². The highest BCUT2D eigenvalue weighted by Gasteiger charge is 2.23. The number of para-hydroxylation sites is 1. The number of benzene rings is 3. The van der Waals surface area contributed by atoms with Crippen molar-refractivity contribution in [3.8, 4) is 5.75 Å². The summed E-state index contributed by atoms with van der Waals surface area (Å²) in [6.45, 7) is 0.988. The van der Waals surface area contributed by atoms with Gasteiger partial charge in [0.2, 0.25) is 0 Å². The van der Waals surface area contributed by atoms with Gasteiger partial charge in [0.25, 0.3) is 0 Å². The minimum atomic E-state index is -0.886. The number of methoxy groups -OCH3 is 1. The summed E-state index contributed by atoms with van der Waals surface area (Å²) >= 11 is 1.75. The Hall–Kier alpha value is -2.92. The largest absolute Gasteiger partial charge is 0.497 e. The van der Waals surface area contributed by atoms with Gasteiger partial charge in [-0.25, -0.2) is 4.79 Å². The number of carboxylic acids is 1. The Morgan fingerprint density at radius 1 is 1.07 bits per heavy atom. The number of hydrogen-bond donors (Lipinski definition) is 1. The predicted molar refractivity (Wildman–Crippen MR) is 117 cm³/mol. The molecule has 3 aromatic carbocycles. The standard InChI is InChI=1S/C24H23NO3S/c1-28-21-6-3-7-22(16-21)29-25-15-14-19-5-2-4-18(23(19)25)11-8-17-9-12-20(13-10-17)24(26)27/h2-7,9-10,12-13,16H,8,11,14-15H2,1H3,(H,26,27). The van der Waals surface area contributed by atoms with Crippen molar-refractivity contribution in [3.63, 3.8) is 0 Å².